The first-order valence-corrected chi connectivity index (χ1v) is 11.3. The van der Waals surface area contributed by atoms with E-state index in [0.717, 1.165) is 28.8 Å². The van der Waals surface area contributed by atoms with E-state index in [2.05, 4.69) is 26.3 Å². The number of alkyl halides is 3. The van der Waals surface area contributed by atoms with Gasteiger partial charge in [-0.1, -0.05) is 6.07 Å². The van der Waals surface area contributed by atoms with Gasteiger partial charge in [0.25, 0.3) is 5.91 Å². The van der Waals surface area contributed by atoms with Crippen LogP contribution in [0.15, 0.2) is 22.0 Å². The number of amides is 1. The zero-order valence-corrected chi connectivity index (χ0v) is 18.4. The Morgan fingerprint density at radius 2 is 2.00 bits per heavy atom. The van der Waals surface area contributed by atoms with Crippen LogP contribution in [-0.2, 0) is 0 Å². The Morgan fingerprint density at radius 3 is 2.59 bits per heavy atom. The monoisotopic (exact) mass is 490 g/mol. The lowest BCUT2D eigenvalue weighted by Gasteiger charge is -2.38. The first-order chi connectivity index (χ1) is 13.7. The van der Waals surface area contributed by atoms with Crippen molar-refractivity contribution in [3.05, 3.63) is 32.6 Å². The van der Waals surface area contributed by atoms with Gasteiger partial charge in [-0.15, -0.1) is 11.3 Å². The zero-order chi connectivity index (χ0) is 20.9. The third kappa shape index (κ3) is 3.69. The number of carbonyl (C=O) groups is 1. The molecule has 2 aromatic rings. The normalized spacial score (nSPS) is 27.4. The number of hydrogen-bond donors (Lipinski definition) is 1. The van der Waals surface area contributed by atoms with E-state index in [-0.39, 0.29) is 35.9 Å². The van der Waals surface area contributed by atoms with Crippen molar-refractivity contribution in [1.29, 1.82) is 0 Å². The maximum atomic E-state index is 13.9. The maximum Gasteiger partial charge on any atom is 0.410 e. The van der Waals surface area contributed by atoms with Crippen molar-refractivity contribution in [1.82, 2.24) is 14.7 Å². The molecule has 5 nitrogen and oxygen atoms in total. The van der Waals surface area contributed by atoms with E-state index < -0.39 is 18.3 Å². The van der Waals surface area contributed by atoms with Crippen LogP contribution in [0.1, 0.15) is 67.0 Å². The average Bonchev–Trinajstić information content (AvgIpc) is 3.28. The molecule has 2 aromatic heterocycles. The van der Waals surface area contributed by atoms with Gasteiger partial charge in [-0.25, -0.2) is 4.68 Å². The number of halogens is 4. The number of aromatic nitrogens is 2. The molecule has 4 atom stereocenters. The van der Waals surface area contributed by atoms with Crippen LogP contribution in [-0.4, -0.2) is 38.8 Å². The van der Waals surface area contributed by atoms with Crippen LogP contribution in [0.25, 0.3) is 0 Å². The topological polar surface area (TPSA) is 50.2 Å². The van der Waals surface area contributed by atoms with Crippen molar-refractivity contribution in [3.63, 3.8) is 0 Å². The van der Waals surface area contributed by atoms with Gasteiger partial charge in [-0.05, 0) is 60.5 Å². The number of nitrogens with one attached hydrogen (secondary N) is 1. The van der Waals surface area contributed by atoms with Crippen molar-refractivity contribution >= 4 is 39.0 Å². The number of anilines is 1. The highest BCUT2D eigenvalue weighted by Crippen LogP contribution is 2.47. The highest BCUT2D eigenvalue weighted by Gasteiger charge is 2.48. The maximum absolute atomic E-state index is 13.9. The Kier molecular flexibility index (Phi) is 5.43. The molecule has 1 saturated heterocycles. The number of nitrogens with zero attached hydrogens (tertiary/aromatic N) is 3. The molecule has 158 valence electrons. The molecule has 1 N–H and O–H groups in total. The van der Waals surface area contributed by atoms with E-state index in [1.165, 1.54) is 11.3 Å². The molecule has 29 heavy (non-hydrogen) atoms. The summed E-state index contributed by atoms with van der Waals surface area (Å²) >= 11 is 4.78. The summed E-state index contributed by atoms with van der Waals surface area (Å²) in [6.45, 7) is 3.95. The van der Waals surface area contributed by atoms with E-state index in [0.29, 0.717) is 4.47 Å². The Bertz CT molecular complexity index is 888. The van der Waals surface area contributed by atoms with Gasteiger partial charge in [0.15, 0.2) is 11.7 Å². The van der Waals surface area contributed by atoms with Crippen LogP contribution in [0.3, 0.4) is 0 Å². The largest absolute Gasteiger partial charge is 0.410 e. The summed E-state index contributed by atoms with van der Waals surface area (Å²) in [5.41, 5.74) is 0.0363. The first kappa shape index (κ1) is 20.7. The van der Waals surface area contributed by atoms with E-state index in [9.17, 15) is 18.0 Å². The summed E-state index contributed by atoms with van der Waals surface area (Å²) in [5.74, 6) is -0.119. The molecular formula is C19H22BrF3N4OS. The zero-order valence-electron chi connectivity index (χ0n) is 16.0. The number of rotatable bonds is 2. The lowest BCUT2D eigenvalue weighted by Crippen LogP contribution is -2.47. The predicted octanol–water partition coefficient (Wildman–Crippen LogP) is 5.77. The second-order valence-corrected chi connectivity index (χ2v) is 9.57. The second-order valence-electron chi connectivity index (χ2n) is 7.80. The minimum atomic E-state index is -4.47. The molecule has 4 heterocycles. The molecule has 0 spiro atoms. The highest BCUT2D eigenvalue weighted by molar-refractivity contribution is 9.10. The summed E-state index contributed by atoms with van der Waals surface area (Å²) in [6, 6.07) is 1.42. The number of fused-ring (bicyclic) bond motifs is 1. The molecule has 10 heteroatoms. The Balaban J connectivity index is 1.74. The van der Waals surface area contributed by atoms with Gasteiger partial charge in [0.2, 0.25) is 0 Å². The van der Waals surface area contributed by atoms with Crippen LogP contribution in [0.4, 0.5) is 19.0 Å². The number of thiophene rings is 1. The van der Waals surface area contributed by atoms with E-state index in [4.69, 9.17) is 0 Å². The summed E-state index contributed by atoms with van der Waals surface area (Å²) < 4.78 is 42.8. The third-order valence-corrected chi connectivity index (χ3v) is 7.55. The summed E-state index contributed by atoms with van der Waals surface area (Å²) in [6.07, 6.45) is -1.84. The average molecular weight is 491 g/mol. The fraction of sp³-hybridized carbons (Fsp3) is 0.579. The van der Waals surface area contributed by atoms with Crippen LogP contribution in [0.2, 0.25) is 0 Å². The number of likely N-dealkylation sites (tertiary alicyclic amines) is 1. The molecule has 0 bridgehead atoms. The van der Waals surface area contributed by atoms with Crippen molar-refractivity contribution in [2.24, 2.45) is 0 Å². The van der Waals surface area contributed by atoms with Gasteiger partial charge >= 0.3 is 6.18 Å². The number of piperidine rings is 1. The van der Waals surface area contributed by atoms with Crippen LogP contribution < -0.4 is 5.32 Å². The van der Waals surface area contributed by atoms with Crippen LogP contribution in [0.5, 0.6) is 0 Å². The Hall–Kier alpha value is -1.55. The fourth-order valence-corrected chi connectivity index (χ4v) is 5.68. The van der Waals surface area contributed by atoms with Gasteiger partial charge in [0.05, 0.1) is 10.5 Å². The summed E-state index contributed by atoms with van der Waals surface area (Å²) in [4.78, 5) is 15.8. The second kappa shape index (κ2) is 7.61. The quantitative estimate of drug-likeness (QED) is 0.581. The van der Waals surface area contributed by atoms with Gasteiger partial charge in [-0.3, -0.25) is 4.79 Å². The molecule has 0 radical (unpaired) electrons. The minimum absolute atomic E-state index is 0.0297. The lowest BCUT2D eigenvalue weighted by atomic mass is 9.97. The van der Waals surface area contributed by atoms with Gasteiger partial charge in [0.1, 0.15) is 5.82 Å². The predicted molar refractivity (Wildman–Crippen MR) is 109 cm³/mol. The van der Waals surface area contributed by atoms with Gasteiger partial charge in [-0.2, -0.15) is 18.3 Å². The molecule has 0 saturated carbocycles. The molecule has 0 aromatic carbocycles. The molecule has 2 aliphatic heterocycles. The lowest BCUT2D eigenvalue weighted by molar-refractivity contribution is -0.173. The molecule has 0 aliphatic carbocycles. The van der Waals surface area contributed by atoms with E-state index >= 15 is 0 Å². The highest BCUT2D eigenvalue weighted by atomic mass is 79.9. The Morgan fingerprint density at radius 1 is 1.31 bits per heavy atom. The first-order valence-electron chi connectivity index (χ1n) is 9.65. The molecule has 2 unspecified atom stereocenters. The standard InChI is InChI=1S/C19H22BrF3N4OS/c1-10-5-3-6-11(2)26(10)18(28)16-15(20)17-24-12(13-7-4-8-29-13)9-14(19(21,22)23)27(17)25-16/h4,7-8,10-12,14,24H,3,5-6,9H2,1-2H3/t10?,11?,12-,14+/m1/s1. The molecule has 1 amide bonds. The van der Waals surface area contributed by atoms with E-state index in [1.54, 1.807) is 4.90 Å². The smallest absolute Gasteiger partial charge is 0.362 e. The van der Waals surface area contributed by atoms with Crippen molar-refractivity contribution < 1.29 is 18.0 Å². The number of hydrogen-bond acceptors (Lipinski definition) is 4. The van der Waals surface area contributed by atoms with Crippen LogP contribution in [0, 0.1) is 0 Å². The molecule has 1 fully saturated rings. The van der Waals surface area contributed by atoms with Gasteiger partial charge in [0, 0.05) is 23.4 Å². The van der Waals surface area contributed by atoms with E-state index in [1.807, 2.05) is 31.4 Å². The minimum Gasteiger partial charge on any atom is -0.362 e. The van der Waals surface area contributed by atoms with Crippen molar-refractivity contribution in [2.75, 3.05) is 5.32 Å². The van der Waals surface area contributed by atoms with Crippen LogP contribution >= 0.6 is 27.3 Å². The number of carbonyl (C=O) groups excluding carboxylic acids is 1. The summed E-state index contributed by atoms with van der Waals surface area (Å²) in [7, 11) is 0. The van der Waals surface area contributed by atoms with Crippen molar-refractivity contribution in [3.8, 4) is 0 Å². The molecular weight excluding hydrogens is 469 g/mol. The summed E-state index contributed by atoms with van der Waals surface area (Å²) in [5, 5.41) is 9.16. The van der Waals surface area contributed by atoms with Gasteiger partial charge < -0.3 is 10.2 Å². The fourth-order valence-electron chi connectivity index (χ4n) is 4.35. The third-order valence-electron chi connectivity index (χ3n) is 5.81. The molecule has 2 aliphatic rings. The molecule has 4 rings (SSSR count). The van der Waals surface area contributed by atoms with Crippen molar-refractivity contribution in [2.45, 2.75) is 69.9 Å². The Labute approximate surface area is 179 Å². The SMILES string of the molecule is CC1CCCC(C)N1C(=O)c1nn2c(c1Br)N[C@@H](c1cccs1)C[C@H]2C(F)(F)F.